The minimum Gasteiger partial charge on any atom is -0.396 e. The summed E-state index contributed by atoms with van der Waals surface area (Å²) in [6, 6.07) is 6.08. The van der Waals surface area contributed by atoms with Crippen LogP contribution in [0.15, 0.2) is 22.7 Å². The van der Waals surface area contributed by atoms with Crippen LogP contribution >= 0.6 is 39.9 Å². The molecule has 1 aromatic carbocycles. The van der Waals surface area contributed by atoms with Crippen molar-refractivity contribution >= 4 is 39.9 Å². The van der Waals surface area contributed by atoms with E-state index in [0.717, 1.165) is 42.1 Å². The maximum absolute atomic E-state index is 9.30. The summed E-state index contributed by atoms with van der Waals surface area (Å²) in [5.41, 5.74) is 1.17. The highest BCUT2D eigenvalue weighted by molar-refractivity contribution is 9.10. The molecule has 6 heteroatoms. The average molecular weight is 370 g/mol. The minimum absolute atomic E-state index is 0. The van der Waals surface area contributed by atoms with E-state index in [1.807, 2.05) is 18.2 Å². The first-order valence-corrected chi connectivity index (χ1v) is 7.40. The van der Waals surface area contributed by atoms with E-state index in [2.05, 4.69) is 26.1 Å². The van der Waals surface area contributed by atoms with Crippen LogP contribution in [-0.4, -0.2) is 42.8 Å². The zero-order valence-corrected chi connectivity index (χ0v) is 13.8. The number of nitrogens with zero attached hydrogens (tertiary/aromatic N) is 1. The Kier molecular flexibility index (Phi) is 7.65. The maximum Gasteiger partial charge on any atom is 0.0449 e. The van der Waals surface area contributed by atoms with Gasteiger partial charge in [0.2, 0.25) is 0 Å². The van der Waals surface area contributed by atoms with Gasteiger partial charge in [0.25, 0.3) is 0 Å². The first kappa shape index (κ1) is 17.2. The van der Waals surface area contributed by atoms with Gasteiger partial charge in [0.1, 0.15) is 0 Å². The molecule has 1 aliphatic rings. The first-order valence-electron chi connectivity index (χ1n) is 6.23. The Labute approximate surface area is 133 Å². The Bertz CT molecular complexity index is 400. The fourth-order valence-electron chi connectivity index (χ4n) is 2.42. The summed E-state index contributed by atoms with van der Waals surface area (Å²) in [4.78, 5) is 2.41. The van der Waals surface area contributed by atoms with Gasteiger partial charge in [-0.2, -0.15) is 0 Å². The molecular formula is C13H19BrCl2N2O. The van der Waals surface area contributed by atoms with Crippen LogP contribution in [0.2, 0.25) is 5.02 Å². The van der Waals surface area contributed by atoms with Crippen LogP contribution in [0.4, 0.5) is 0 Å². The number of aliphatic hydroxyl groups excluding tert-OH is 1. The highest BCUT2D eigenvalue weighted by Gasteiger charge is 2.23. The summed E-state index contributed by atoms with van der Waals surface area (Å²) in [5, 5.41) is 13.4. The third kappa shape index (κ3) is 4.59. The number of rotatable bonds is 4. The van der Waals surface area contributed by atoms with Gasteiger partial charge in [0.15, 0.2) is 0 Å². The molecule has 0 aromatic heterocycles. The van der Waals surface area contributed by atoms with Crippen molar-refractivity contribution in [2.24, 2.45) is 0 Å². The Morgan fingerprint density at radius 1 is 1.37 bits per heavy atom. The summed E-state index contributed by atoms with van der Waals surface area (Å²) >= 11 is 9.67. The predicted molar refractivity (Wildman–Crippen MR) is 85.3 cm³/mol. The summed E-state index contributed by atoms with van der Waals surface area (Å²) in [6.45, 7) is 4.20. The quantitative estimate of drug-likeness (QED) is 0.856. The van der Waals surface area contributed by atoms with Gasteiger partial charge in [-0.05, 0) is 30.2 Å². The van der Waals surface area contributed by atoms with Crippen LogP contribution in [0.1, 0.15) is 18.0 Å². The molecule has 19 heavy (non-hydrogen) atoms. The van der Waals surface area contributed by atoms with Crippen LogP contribution in [0.5, 0.6) is 0 Å². The minimum atomic E-state index is 0. The molecule has 2 rings (SSSR count). The second kappa shape index (κ2) is 8.45. The lowest BCUT2D eigenvalue weighted by molar-refractivity contribution is 0.140. The molecule has 1 fully saturated rings. The third-order valence-electron chi connectivity index (χ3n) is 3.31. The molecule has 2 N–H and O–H groups in total. The van der Waals surface area contributed by atoms with Gasteiger partial charge >= 0.3 is 0 Å². The van der Waals surface area contributed by atoms with E-state index in [1.165, 1.54) is 5.56 Å². The normalized spacial score (nSPS) is 17.8. The smallest absolute Gasteiger partial charge is 0.0449 e. The van der Waals surface area contributed by atoms with Crippen LogP contribution in [0.3, 0.4) is 0 Å². The van der Waals surface area contributed by atoms with Crippen molar-refractivity contribution in [3.05, 3.63) is 33.3 Å². The molecule has 1 aromatic rings. The second-order valence-corrected chi connectivity index (χ2v) is 5.77. The molecule has 0 aliphatic carbocycles. The molecule has 0 unspecified atom stereocenters. The summed E-state index contributed by atoms with van der Waals surface area (Å²) in [7, 11) is 0. The molecule has 0 radical (unpaired) electrons. The maximum atomic E-state index is 9.30. The number of halogens is 3. The second-order valence-electron chi connectivity index (χ2n) is 4.48. The van der Waals surface area contributed by atoms with Gasteiger partial charge in [0, 0.05) is 48.3 Å². The van der Waals surface area contributed by atoms with Crippen molar-refractivity contribution in [2.75, 3.05) is 32.8 Å². The van der Waals surface area contributed by atoms with E-state index in [4.69, 9.17) is 11.6 Å². The van der Waals surface area contributed by atoms with Gasteiger partial charge in [-0.25, -0.2) is 0 Å². The SMILES string of the molecule is Cl.OCC[C@H](c1cc(Cl)ccc1Br)N1CCNCC1. The number of nitrogens with one attached hydrogen (secondary N) is 1. The van der Waals surface area contributed by atoms with Gasteiger partial charge in [-0.1, -0.05) is 27.5 Å². The van der Waals surface area contributed by atoms with Crippen molar-refractivity contribution < 1.29 is 5.11 Å². The van der Waals surface area contributed by atoms with E-state index in [1.54, 1.807) is 0 Å². The lowest BCUT2D eigenvalue weighted by Crippen LogP contribution is -2.45. The van der Waals surface area contributed by atoms with E-state index in [0.29, 0.717) is 0 Å². The molecule has 0 saturated carbocycles. The third-order valence-corrected chi connectivity index (χ3v) is 4.27. The summed E-state index contributed by atoms with van der Waals surface area (Å²) < 4.78 is 1.06. The highest BCUT2D eigenvalue weighted by atomic mass is 79.9. The number of hydrogen-bond donors (Lipinski definition) is 2. The van der Waals surface area contributed by atoms with Crippen molar-refractivity contribution in [3.8, 4) is 0 Å². The van der Waals surface area contributed by atoms with Gasteiger partial charge < -0.3 is 10.4 Å². The molecule has 0 spiro atoms. The Morgan fingerprint density at radius 3 is 2.68 bits per heavy atom. The lowest BCUT2D eigenvalue weighted by Gasteiger charge is -2.35. The van der Waals surface area contributed by atoms with Crippen molar-refractivity contribution in [1.29, 1.82) is 0 Å². The molecule has 1 aliphatic heterocycles. The van der Waals surface area contributed by atoms with Gasteiger partial charge in [0.05, 0.1) is 0 Å². The van der Waals surface area contributed by atoms with Gasteiger partial charge in [-0.15, -0.1) is 12.4 Å². The first-order chi connectivity index (χ1) is 8.72. The van der Waals surface area contributed by atoms with Crippen LogP contribution in [0, 0.1) is 0 Å². The molecular weight excluding hydrogens is 351 g/mol. The van der Waals surface area contributed by atoms with E-state index >= 15 is 0 Å². The summed E-state index contributed by atoms with van der Waals surface area (Å²) in [6.07, 6.45) is 0.735. The average Bonchev–Trinajstić information content (AvgIpc) is 2.40. The Hall–Kier alpha value is 0.160. The zero-order valence-electron chi connectivity index (χ0n) is 10.6. The largest absolute Gasteiger partial charge is 0.396 e. The molecule has 0 bridgehead atoms. The molecule has 1 saturated heterocycles. The van der Waals surface area contributed by atoms with E-state index in [9.17, 15) is 5.11 Å². The number of piperazine rings is 1. The molecule has 3 nitrogen and oxygen atoms in total. The topological polar surface area (TPSA) is 35.5 Å². The standard InChI is InChI=1S/C13H18BrClN2O.ClH/c14-12-2-1-10(15)9-11(12)13(3-8-18)17-6-4-16-5-7-17;/h1-2,9,13,16,18H,3-8H2;1H/t13-;/m1./s1. The molecule has 0 amide bonds. The summed E-state index contributed by atoms with van der Waals surface area (Å²) in [5.74, 6) is 0. The van der Waals surface area contributed by atoms with Crippen molar-refractivity contribution in [3.63, 3.8) is 0 Å². The predicted octanol–water partition coefficient (Wildman–Crippen LogP) is 2.85. The number of benzene rings is 1. The molecule has 1 atom stereocenters. The van der Waals surface area contributed by atoms with Crippen molar-refractivity contribution in [1.82, 2.24) is 10.2 Å². The molecule has 1 heterocycles. The Balaban J connectivity index is 0.00000180. The number of hydrogen-bond acceptors (Lipinski definition) is 3. The van der Waals surface area contributed by atoms with Gasteiger partial charge in [-0.3, -0.25) is 4.90 Å². The molecule has 108 valence electrons. The fourth-order valence-corrected chi connectivity index (χ4v) is 3.11. The Morgan fingerprint density at radius 2 is 2.05 bits per heavy atom. The monoisotopic (exact) mass is 368 g/mol. The van der Waals surface area contributed by atoms with E-state index in [-0.39, 0.29) is 25.1 Å². The van der Waals surface area contributed by atoms with E-state index < -0.39 is 0 Å². The fraction of sp³-hybridized carbons (Fsp3) is 0.538. The van der Waals surface area contributed by atoms with Crippen LogP contribution < -0.4 is 5.32 Å². The lowest BCUT2D eigenvalue weighted by atomic mass is 10.0. The van der Waals surface area contributed by atoms with Crippen molar-refractivity contribution in [2.45, 2.75) is 12.5 Å². The van der Waals surface area contributed by atoms with Crippen LogP contribution in [0.25, 0.3) is 0 Å². The van der Waals surface area contributed by atoms with Crippen LogP contribution in [-0.2, 0) is 0 Å². The highest BCUT2D eigenvalue weighted by Crippen LogP contribution is 2.32. The number of aliphatic hydroxyl groups is 1. The zero-order chi connectivity index (χ0) is 13.0.